The van der Waals surface area contributed by atoms with Crippen LogP contribution in [0.25, 0.3) is 0 Å². The van der Waals surface area contributed by atoms with Crippen LogP contribution in [0.4, 0.5) is 5.69 Å². The van der Waals surface area contributed by atoms with Crippen LogP contribution >= 0.6 is 0 Å². The number of hydrogen-bond donors (Lipinski definition) is 0. The predicted molar refractivity (Wildman–Crippen MR) is 234 cm³/mol. The molecule has 1 aliphatic heterocycles. The van der Waals surface area contributed by atoms with Crippen LogP contribution in [0.5, 0.6) is 0 Å². The maximum Gasteiger partial charge on any atom is 0.0934 e. The molecule has 0 amide bonds. The quantitative estimate of drug-likeness (QED) is 0.0507. The van der Waals surface area contributed by atoms with Crippen LogP contribution in [0, 0.1) is 0 Å². The first-order chi connectivity index (χ1) is 26.3. The molecule has 4 heteroatoms. The summed E-state index contributed by atoms with van der Waals surface area (Å²) in [6.45, 7) is 12.3. The molecule has 0 N–H and O–H groups in total. The molecule has 53 heavy (non-hydrogen) atoms. The molecule has 1 aromatic carbocycles. The van der Waals surface area contributed by atoms with Crippen LogP contribution in [0.3, 0.4) is 0 Å². The van der Waals surface area contributed by atoms with Crippen molar-refractivity contribution in [2.75, 3.05) is 57.4 Å². The highest BCUT2D eigenvalue weighted by Crippen LogP contribution is 2.17. The third kappa shape index (κ3) is 28.9. The van der Waals surface area contributed by atoms with E-state index in [1.54, 1.807) is 0 Å². The lowest BCUT2D eigenvalue weighted by atomic mass is 10.1. The van der Waals surface area contributed by atoms with E-state index in [-0.39, 0.29) is 6.10 Å². The van der Waals surface area contributed by atoms with Crippen molar-refractivity contribution in [1.29, 1.82) is 0 Å². The number of rotatable bonds is 36. The van der Waals surface area contributed by atoms with Gasteiger partial charge in [-0.15, -0.1) is 0 Å². The van der Waals surface area contributed by atoms with Crippen LogP contribution in [-0.4, -0.2) is 63.5 Å². The highest BCUT2D eigenvalue weighted by atomic mass is 16.5. The molecule has 0 aliphatic carbocycles. The fraction of sp³-hybridized carbons (Fsp3) is 0.714. The summed E-state index contributed by atoms with van der Waals surface area (Å²) in [6, 6.07) is 10.9. The lowest BCUT2D eigenvalue weighted by Gasteiger charge is -2.37. The van der Waals surface area contributed by atoms with E-state index in [1.807, 2.05) is 0 Å². The van der Waals surface area contributed by atoms with Gasteiger partial charge in [-0.25, -0.2) is 0 Å². The van der Waals surface area contributed by atoms with Gasteiger partial charge in [0.2, 0.25) is 0 Å². The molecule has 1 saturated heterocycles. The largest absolute Gasteiger partial charge is 0.379 e. The monoisotopic (exact) mass is 733 g/mol. The summed E-state index contributed by atoms with van der Waals surface area (Å²) in [4.78, 5) is 5.10. The second kappa shape index (κ2) is 36.8. The zero-order valence-electron chi connectivity index (χ0n) is 34.9. The van der Waals surface area contributed by atoms with Crippen LogP contribution in [0.2, 0.25) is 0 Å². The van der Waals surface area contributed by atoms with Crippen molar-refractivity contribution < 1.29 is 9.47 Å². The second-order valence-electron chi connectivity index (χ2n) is 15.4. The Labute approximate surface area is 329 Å². The van der Waals surface area contributed by atoms with Gasteiger partial charge in [0.05, 0.1) is 12.7 Å². The van der Waals surface area contributed by atoms with Crippen molar-refractivity contribution in [3.8, 4) is 0 Å². The van der Waals surface area contributed by atoms with E-state index in [9.17, 15) is 0 Å². The van der Waals surface area contributed by atoms with Crippen molar-refractivity contribution >= 4 is 5.69 Å². The fourth-order valence-corrected chi connectivity index (χ4v) is 7.02. The summed E-state index contributed by atoms with van der Waals surface area (Å²) < 4.78 is 12.7. The number of para-hydroxylation sites is 1. The molecule has 0 saturated carbocycles. The molecule has 1 atom stereocenters. The maximum absolute atomic E-state index is 6.50. The molecule has 2 rings (SSSR count). The molecule has 0 aromatic heterocycles. The van der Waals surface area contributed by atoms with Crippen LogP contribution < -0.4 is 4.90 Å². The van der Waals surface area contributed by atoms with E-state index in [0.29, 0.717) is 0 Å². The molecule has 302 valence electrons. The number of benzene rings is 1. The van der Waals surface area contributed by atoms with Crippen molar-refractivity contribution in [1.82, 2.24) is 4.90 Å². The molecule has 1 heterocycles. The fourth-order valence-electron chi connectivity index (χ4n) is 7.02. The SMILES string of the molecule is CCCCCC=CCC=CCCCCCCCCOCC(CN1CCN(c2ccccc2)CC1)OCCCCCCCCC=CCC=CCCCCC. The summed E-state index contributed by atoms with van der Waals surface area (Å²) in [5.41, 5.74) is 1.34. The second-order valence-corrected chi connectivity index (χ2v) is 15.4. The van der Waals surface area contributed by atoms with Crippen molar-refractivity contribution in [2.45, 2.75) is 174 Å². The Morgan fingerprint density at radius 3 is 1.47 bits per heavy atom. The third-order valence-electron chi connectivity index (χ3n) is 10.4. The van der Waals surface area contributed by atoms with Crippen molar-refractivity contribution in [3.63, 3.8) is 0 Å². The molecule has 1 unspecified atom stereocenters. The summed E-state index contributed by atoms with van der Waals surface area (Å²) in [5.74, 6) is 0. The van der Waals surface area contributed by atoms with Gasteiger partial charge in [0.1, 0.15) is 0 Å². The maximum atomic E-state index is 6.50. The van der Waals surface area contributed by atoms with Gasteiger partial charge in [0, 0.05) is 51.6 Å². The molecule has 0 bridgehead atoms. The average molecular weight is 733 g/mol. The van der Waals surface area contributed by atoms with E-state index in [0.717, 1.165) is 71.8 Å². The van der Waals surface area contributed by atoms with Gasteiger partial charge < -0.3 is 14.4 Å². The summed E-state index contributed by atoms with van der Waals surface area (Å²) >= 11 is 0. The van der Waals surface area contributed by atoms with Crippen molar-refractivity contribution in [3.05, 3.63) is 78.9 Å². The topological polar surface area (TPSA) is 24.9 Å². The zero-order chi connectivity index (χ0) is 37.5. The lowest BCUT2D eigenvalue weighted by Crippen LogP contribution is -2.49. The summed E-state index contributed by atoms with van der Waals surface area (Å²) in [7, 11) is 0. The van der Waals surface area contributed by atoms with Crippen molar-refractivity contribution in [2.24, 2.45) is 0 Å². The Hall–Kier alpha value is -2.14. The minimum absolute atomic E-state index is 0.167. The van der Waals surface area contributed by atoms with Gasteiger partial charge in [0.25, 0.3) is 0 Å². The molecule has 1 fully saturated rings. The summed E-state index contributed by atoms with van der Waals surface area (Å²) in [5, 5.41) is 0. The Bertz CT molecular complexity index is 1010. The number of ether oxygens (including phenoxy) is 2. The normalized spacial score (nSPS) is 14.9. The minimum Gasteiger partial charge on any atom is -0.379 e. The molecule has 1 aliphatic rings. The van der Waals surface area contributed by atoms with Crippen LogP contribution in [0.15, 0.2) is 78.9 Å². The van der Waals surface area contributed by atoms with Gasteiger partial charge in [0.15, 0.2) is 0 Å². The smallest absolute Gasteiger partial charge is 0.0934 e. The average Bonchev–Trinajstić information content (AvgIpc) is 3.19. The highest BCUT2D eigenvalue weighted by Gasteiger charge is 2.21. The highest BCUT2D eigenvalue weighted by molar-refractivity contribution is 5.46. The number of anilines is 1. The predicted octanol–water partition coefficient (Wildman–Crippen LogP) is 13.8. The number of hydrogen-bond acceptors (Lipinski definition) is 4. The molecular weight excluding hydrogens is 649 g/mol. The van der Waals surface area contributed by atoms with E-state index < -0.39 is 0 Å². The van der Waals surface area contributed by atoms with Gasteiger partial charge in [-0.2, -0.15) is 0 Å². The van der Waals surface area contributed by atoms with Crippen LogP contribution in [0.1, 0.15) is 168 Å². The first-order valence-electron chi connectivity index (χ1n) is 22.6. The Morgan fingerprint density at radius 2 is 0.962 bits per heavy atom. The van der Waals surface area contributed by atoms with E-state index in [4.69, 9.17) is 9.47 Å². The first kappa shape index (κ1) is 47.0. The molecule has 0 spiro atoms. The number of nitrogens with zero attached hydrogens (tertiary/aromatic N) is 2. The van der Waals surface area contributed by atoms with Gasteiger partial charge in [-0.3, -0.25) is 4.90 Å². The number of piperazine rings is 1. The Balaban J connectivity index is 1.54. The Morgan fingerprint density at radius 1 is 0.509 bits per heavy atom. The molecule has 1 aromatic rings. The first-order valence-corrected chi connectivity index (χ1v) is 22.6. The lowest BCUT2D eigenvalue weighted by molar-refractivity contribution is -0.0348. The zero-order valence-corrected chi connectivity index (χ0v) is 34.9. The summed E-state index contributed by atoms with van der Waals surface area (Å²) in [6.07, 6.45) is 49.6. The standard InChI is InChI=1S/C49H84N2O2/c1-3-5-7-9-11-13-15-17-19-21-23-25-27-29-31-36-44-52-47-49(46-50-40-42-51(43-41-50)48-38-34-33-35-39-48)53-45-37-32-30-28-26-24-22-20-18-16-14-12-10-8-6-4-2/h11-14,17-20,33-35,38-39,49H,3-10,15-16,21-32,36-37,40-47H2,1-2H3. The molecule has 4 nitrogen and oxygen atoms in total. The van der Waals surface area contributed by atoms with Gasteiger partial charge >= 0.3 is 0 Å². The minimum atomic E-state index is 0.167. The third-order valence-corrected chi connectivity index (χ3v) is 10.4. The van der Waals surface area contributed by atoms with Gasteiger partial charge in [-0.1, -0.05) is 158 Å². The number of allylic oxidation sites excluding steroid dienone is 8. The molecule has 0 radical (unpaired) electrons. The van der Waals surface area contributed by atoms with E-state index in [1.165, 1.54) is 141 Å². The van der Waals surface area contributed by atoms with Gasteiger partial charge in [-0.05, 0) is 89.2 Å². The van der Waals surface area contributed by atoms with E-state index >= 15 is 0 Å². The van der Waals surface area contributed by atoms with Crippen LogP contribution in [-0.2, 0) is 9.47 Å². The molecular formula is C49H84N2O2. The Kier molecular flexibility index (Phi) is 32.7. The number of unbranched alkanes of at least 4 members (excludes halogenated alkanes) is 18. The van der Waals surface area contributed by atoms with E-state index in [2.05, 4.69) is 103 Å².